The van der Waals surface area contributed by atoms with E-state index in [0.717, 1.165) is 31.7 Å². The first kappa shape index (κ1) is 15.2. The number of likely N-dealkylation sites (N-methyl/N-ethyl adjacent to an activating group) is 1. The number of rotatable bonds is 2. The van der Waals surface area contributed by atoms with Gasteiger partial charge in [0.05, 0.1) is 5.88 Å². The first-order valence-corrected chi connectivity index (χ1v) is 9.10. The largest absolute Gasteiger partial charge is 0.336 e. The van der Waals surface area contributed by atoms with Crippen molar-refractivity contribution in [2.45, 2.75) is 50.7 Å². The maximum absolute atomic E-state index is 12.9. The number of carbonyl (C=O) groups excluding carboxylic acids is 2. The molecule has 0 bridgehead atoms. The van der Waals surface area contributed by atoms with Crippen molar-refractivity contribution in [2.75, 3.05) is 31.8 Å². The van der Waals surface area contributed by atoms with Crippen LogP contribution in [0, 0.1) is 0 Å². The summed E-state index contributed by atoms with van der Waals surface area (Å²) in [6, 6.07) is 0.625. The third kappa shape index (κ3) is 2.80. The molecule has 0 saturated carbocycles. The summed E-state index contributed by atoms with van der Waals surface area (Å²) in [5.41, 5.74) is 0. The van der Waals surface area contributed by atoms with E-state index in [0.29, 0.717) is 18.0 Å². The molecule has 6 heteroatoms. The quantitative estimate of drug-likeness (QED) is 0.763. The fourth-order valence-electron chi connectivity index (χ4n) is 4.04. The van der Waals surface area contributed by atoms with Crippen LogP contribution >= 0.6 is 11.8 Å². The van der Waals surface area contributed by atoms with Gasteiger partial charge in [-0.15, -0.1) is 11.8 Å². The summed E-state index contributed by atoms with van der Waals surface area (Å²) in [5, 5.41) is 0. The summed E-state index contributed by atoms with van der Waals surface area (Å²) in [6.45, 7) is 3.57. The number of hydrogen-bond donors (Lipinski definition) is 0. The standard InChI is InChI=1S/C15H25N3O2S/c1-11(19)18-10-21-9-14(18)15(20)17-8-4-6-13(17)12-5-3-7-16(12)2/h12-14H,3-10H2,1-2H3/t12-,13-,14+/m0/s1. The normalized spacial score (nSPS) is 33.9. The second-order valence-corrected chi connectivity index (χ2v) is 7.44. The van der Waals surface area contributed by atoms with E-state index in [2.05, 4.69) is 16.8 Å². The zero-order chi connectivity index (χ0) is 15.0. The van der Waals surface area contributed by atoms with Crippen molar-refractivity contribution in [2.24, 2.45) is 0 Å². The fraction of sp³-hybridized carbons (Fsp3) is 0.867. The van der Waals surface area contributed by atoms with E-state index in [9.17, 15) is 9.59 Å². The van der Waals surface area contributed by atoms with E-state index in [1.165, 1.54) is 12.8 Å². The number of amides is 2. The summed E-state index contributed by atoms with van der Waals surface area (Å²) in [5.74, 6) is 1.61. The van der Waals surface area contributed by atoms with Crippen molar-refractivity contribution in [3.8, 4) is 0 Å². The van der Waals surface area contributed by atoms with Gasteiger partial charge in [-0.1, -0.05) is 0 Å². The lowest BCUT2D eigenvalue weighted by atomic mass is 10.0. The molecule has 0 spiro atoms. The maximum atomic E-state index is 12.9. The van der Waals surface area contributed by atoms with Crippen molar-refractivity contribution in [1.82, 2.24) is 14.7 Å². The van der Waals surface area contributed by atoms with E-state index in [1.54, 1.807) is 23.6 Å². The van der Waals surface area contributed by atoms with E-state index in [1.807, 2.05) is 0 Å². The molecule has 0 aromatic rings. The maximum Gasteiger partial charge on any atom is 0.246 e. The van der Waals surface area contributed by atoms with Crippen molar-refractivity contribution in [1.29, 1.82) is 0 Å². The van der Waals surface area contributed by atoms with Gasteiger partial charge in [0.15, 0.2) is 0 Å². The number of hydrogen-bond acceptors (Lipinski definition) is 4. The fourth-order valence-corrected chi connectivity index (χ4v) is 5.25. The monoisotopic (exact) mass is 311 g/mol. The molecule has 2 amide bonds. The topological polar surface area (TPSA) is 43.9 Å². The van der Waals surface area contributed by atoms with Crippen LogP contribution in [0.5, 0.6) is 0 Å². The van der Waals surface area contributed by atoms with Crippen molar-refractivity contribution in [3.63, 3.8) is 0 Å². The summed E-state index contributed by atoms with van der Waals surface area (Å²) in [6.07, 6.45) is 4.64. The molecule has 0 aromatic carbocycles. The van der Waals surface area contributed by atoms with Gasteiger partial charge >= 0.3 is 0 Å². The molecule has 3 fully saturated rings. The molecule has 0 aliphatic carbocycles. The highest BCUT2D eigenvalue weighted by molar-refractivity contribution is 7.99. The predicted molar refractivity (Wildman–Crippen MR) is 84.0 cm³/mol. The molecular weight excluding hydrogens is 286 g/mol. The van der Waals surface area contributed by atoms with Crippen LogP contribution in [0.4, 0.5) is 0 Å². The van der Waals surface area contributed by atoms with Gasteiger partial charge in [0.25, 0.3) is 0 Å². The van der Waals surface area contributed by atoms with Gasteiger partial charge in [-0.05, 0) is 39.3 Å². The molecule has 0 N–H and O–H groups in total. The minimum Gasteiger partial charge on any atom is -0.336 e. The Morgan fingerprint density at radius 2 is 1.76 bits per heavy atom. The number of nitrogens with zero attached hydrogens (tertiary/aromatic N) is 3. The van der Waals surface area contributed by atoms with Gasteiger partial charge in [-0.3, -0.25) is 9.59 Å². The van der Waals surface area contributed by atoms with E-state index < -0.39 is 0 Å². The van der Waals surface area contributed by atoms with Crippen LogP contribution in [0.15, 0.2) is 0 Å². The van der Waals surface area contributed by atoms with Crippen LogP contribution in [0.1, 0.15) is 32.6 Å². The predicted octanol–water partition coefficient (Wildman–Crippen LogP) is 0.993. The summed E-state index contributed by atoms with van der Waals surface area (Å²) in [4.78, 5) is 30.9. The molecule has 3 atom stereocenters. The van der Waals surface area contributed by atoms with E-state index in [-0.39, 0.29) is 17.9 Å². The highest BCUT2D eigenvalue weighted by atomic mass is 32.2. The van der Waals surface area contributed by atoms with Crippen LogP contribution in [0.3, 0.4) is 0 Å². The lowest BCUT2D eigenvalue weighted by Gasteiger charge is -2.35. The highest BCUT2D eigenvalue weighted by Crippen LogP contribution is 2.31. The summed E-state index contributed by atoms with van der Waals surface area (Å²) >= 11 is 1.69. The Hall–Kier alpha value is -0.750. The molecule has 5 nitrogen and oxygen atoms in total. The van der Waals surface area contributed by atoms with Gasteiger partial charge in [0.1, 0.15) is 6.04 Å². The number of likely N-dealkylation sites (tertiary alicyclic amines) is 2. The zero-order valence-electron chi connectivity index (χ0n) is 13.0. The van der Waals surface area contributed by atoms with Crippen LogP contribution in [-0.4, -0.2) is 76.4 Å². The lowest BCUT2D eigenvalue weighted by molar-refractivity contribution is -0.143. The van der Waals surface area contributed by atoms with E-state index in [4.69, 9.17) is 0 Å². The van der Waals surface area contributed by atoms with Crippen LogP contribution in [-0.2, 0) is 9.59 Å². The summed E-state index contributed by atoms with van der Waals surface area (Å²) in [7, 11) is 2.17. The van der Waals surface area contributed by atoms with Gasteiger partial charge < -0.3 is 14.7 Å². The lowest BCUT2D eigenvalue weighted by Crippen LogP contribution is -2.53. The number of carbonyl (C=O) groups is 2. The third-order valence-corrected chi connectivity index (χ3v) is 6.19. The minimum absolute atomic E-state index is 0.0204. The molecule has 0 unspecified atom stereocenters. The molecule has 3 aliphatic rings. The average Bonchev–Trinajstić information content (AvgIpc) is 3.17. The Bertz CT molecular complexity index is 431. The van der Waals surface area contributed by atoms with Gasteiger partial charge in [0.2, 0.25) is 11.8 Å². The third-order valence-electron chi connectivity index (χ3n) is 5.18. The minimum atomic E-state index is -0.236. The van der Waals surface area contributed by atoms with Gasteiger partial charge in [-0.2, -0.15) is 0 Å². The smallest absolute Gasteiger partial charge is 0.246 e. The van der Waals surface area contributed by atoms with Gasteiger partial charge in [0, 0.05) is 31.3 Å². The summed E-state index contributed by atoms with van der Waals surface area (Å²) < 4.78 is 0. The molecule has 3 rings (SSSR count). The Morgan fingerprint density at radius 3 is 2.43 bits per heavy atom. The SMILES string of the molecule is CC(=O)N1CSC[C@@H]1C(=O)N1CCC[C@H]1[C@@H]1CCCN1C. The molecule has 118 valence electrons. The van der Waals surface area contributed by atoms with Crippen molar-refractivity contribution < 1.29 is 9.59 Å². The van der Waals surface area contributed by atoms with E-state index >= 15 is 0 Å². The molecular formula is C15H25N3O2S. The average molecular weight is 311 g/mol. The second kappa shape index (κ2) is 6.16. The first-order chi connectivity index (χ1) is 10.1. The Kier molecular flexibility index (Phi) is 4.45. The highest BCUT2D eigenvalue weighted by Gasteiger charge is 2.43. The number of thioether (sulfide) groups is 1. The first-order valence-electron chi connectivity index (χ1n) is 7.95. The molecule has 3 saturated heterocycles. The van der Waals surface area contributed by atoms with Crippen LogP contribution in [0.2, 0.25) is 0 Å². The Morgan fingerprint density at radius 1 is 1.05 bits per heavy atom. The van der Waals surface area contributed by atoms with Crippen molar-refractivity contribution in [3.05, 3.63) is 0 Å². The molecule has 21 heavy (non-hydrogen) atoms. The Balaban J connectivity index is 1.72. The Labute approximate surface area is 131 Å². The molecule has 3 aliphatic heterocycles. The van der Waals surface area contributed by atoms with Gasteiger partial charge in [-0.25, -0.2) is 0 Å². The second-order valence-electron chi connectivity index (χ2n) is 6.44. The zero-order valence-corrected chi connectivity index (χ0v) is 13.8. The van der Waals surface area contributed by atoms with Crippen LogP contribution in [0.25, 0.3) is 0 Å². The molecule has 0 radical (unpaired) electrons. The molecule has 0 aromatic heterocycles. The van der Waals surface area contributed by atoms with Crippen molar-refractivity contribution >= 4 is 23.6 Å². The van der Waals surface area contributed by atoms with Crippen LogP contribution < -0.4 is 0 Å². The molecule has 3 heterocycles.